The van der Waals surface area contributed by atoms with Crippen molar-refractivity contribution in [1.82, 2.24) is 0 Å². The van der Waals surface area contributed by atoms with Crippen molar-refractivity contribution in [1.29, 1.82) is 0 Å². The van der Waals surface area contributed by atoms with Gasteiger partial charge >= 0.3 is 7.12 Å². The van der Waals surface area contributed by atoms with Crippen molar-refractivity contribution in [2.75, 3.05) is 0 Å². The molecule has 0 amide bonds. The summed E-state index contributed by atoms with van der Waals surface area (Å²) in [6.45, 7) is 14.9. The fraction of sp³-hybridized carbons (Fsp3) is 0.647. The Morgan fingerprint density at radius 2 is 1.57 bits per heavy atom. The van der Waals surface area contributed by atoms with Gasteiger partial charge in [-0.2, -0.15) is 0 Å². The summed E-state index contributed by atoms with van der Waals surface area (Å²) in [6, 6.07) is 6.13. The molecular formula is C17H26BClO2. The molecule has 0 atom stereocenters. The summed E-state index contributed by atoms with van der Waals surface area (Å²) in [5.74, 6) is 0. The Hall–Kier alpha value is -0.505. The zero-order valence-electron chi connectivity index (χ0n) is 14.2. The molecule has 0 aliphatic carbocycles. The van der Waals surface area contributed by atoms with Crippen LogP contribution >= 0.6 is 11.6 Å². The van der Waals surface area contributed by atoms with Crippen LogP contribution in [0.25, 0.3) is 0 Å². The SMILES string of the molecule is CC(C)(C)Cc1ccc(B2OC(C)(C)C(C)(C)O2)cc1Cl. The number of halogens is 1. The Bertz CT molecular complexity index is 516. The van der Waals surface area contributed by atoms with Crippen LogP contribution in [0.3, 0.4) is 0 Å². The molecule has 0 bridgehead atoms. The van der Waals surface area contributed by atoms with Crippen LogP contribution in [0.15, 0.2) is 18.2 Å². The predicted octanol–water partition coefficient (Wildman–Crippen LogP) is 4.23. The van der Waals surface area contributed by atoms with E-state index in [1.165, 1.54) is 5.56 Å². The molecule has 1 aromatic rings. The van der Waals surface area contributed by atoms with Crippen LogP contribution in [0, 0.1) is 5.41 Å². The standard InChI is InChI=1S/C17H26BClO2/c1-15(2,3)11-12-8-9-13(10-14(12)19)18-20-16(4,5)17(6,7)21-18/h8-10H,11H2,1-7H3. The van der Waals surface area contributed by atoms with Crippen LogP contribution in [0.5, 0.6) is 0 Å². The number of rotatable bonds is 2. The summed E-state index contributed by atoms with van der Waals surface area (Å²) >= 11 is 6.44. The van der Waals surface area contributed by atoms with Crippen molar-refractivity contribution >= 4 is 24.2 Å². The second kappa shape index (κ2) is 5.29. The maximum atomic E-state index is 6.44. The van der Waals surface area contributed by atoms with Gasteiger partial charge in [-0.05, 0) is 56.6 Å². The van der Waals surface area contributed by atoms with Crippen molar-refractivity contribution in [2.45, 2.75) is 66.1 Å². The zero-order valence-corrected chi connectivity index (χ0v) is 15.0. The van der Waals surface area contributed by atoms with Crippen molar-refractivity contribution in [3.63, 3.8) is 0 Å². The lowest BCUT2D eigenvalue weighted by atomic mass is 9.78. The van der Waals surface area contributed by atoms with E-state index in [4.69, 9.17) is 20.9 Å². The van der Waals surface area contributed by atoms with Crippen LogP contribution in [-0.2, 0) is 15.7 Å². The van der Waals surface area contributed by atoms with Gasteiger partial charge in [-0.25, -0.2) is 0 Å². The summed E-state index contributed by atoms with van der Waals surface area (Å²) in [4.78, 5) is 0. The highest BCUT2D eigenvalue weighted by molar-refractivity contribution is 6.62. The Balaban J connectivity index is 2.22. The molecule has 0 aromatic heterocycles. The first-order valence-electron chi connectivity index (χ1n) is 7.55. The lowest BCUT2D eigenvalue weighted by Crippen LogP contribution is -2.41. The monoisotopic (exact) mass is 308 g/mol. The molecule has 4 heteroatoms. The summed E-state index contributed by atoms with van der Waals surface area (Å²) < 4.78 is 12.1. The third-order valence-electron chi connectivity index (χ3n) is 4.32. The minimum atomic E-state index is -0.351. The molecule has 0 N–H and O–H groups in total. The van der Waals surface area contributed by atoms with Crippen molar-refractivity contribution in [3.05, 3.63) is 28.8 Å². The minimum Gasteiger partial charge on any atom is -0.399 e. The quantitative estimate of drug-likeness (QED) is 0.761. The fourth-order valence-corrected chi connectivity index (χ4v) is 2.66. The first kappa shape index (κ1) is 16.9. The molecule has 1 saturated heterocycles. The average molecular weight is 309 g/mol. The Morgan fingerprint density at radius 3 is 2.00 bits per heavy atom. The molecule has 0 radical (unpaired) electrons. The van der Waals surface area contributed by atoms with E-state index in [9.17, 15) is 0 Å². The summed E-state index contributed by atoms with van der Waals surface area (Å²) in [6.07, 6.45) is 0.954. The van der Waals surface area contributed by atoms with Crippen LogP contribution in [0.4, 0.5) is 0 Å². The fourth-order valence-electron chi connectivity index (χ4n) is 2.40. The van der Waals surface area contributed by atoms with Gasteiger partial charge in [0.15, 0.2) is 0 Å². The molecule has 1 heterocycles. The number of hydrogen-bond acceptors (Lipinski definition) is 2. The first-order chi connectivity index (χ1) is 9.41. The van der Waals surface area contributed by atoms with Crippen molar-refractivity contribution in [2.24, 2.45) is 5.41 Å². The first-order valence-corrected chi connectivity index (χ1v) is 7.93. The van der Waals surface area contributed by atoms with Gasteiger partial charge < -0.3 is 9.31 Å². The normalized spacial score (nSPS) is 20.9. The van der Waals surface area contributed by atoms with E-state index >= 15 is 0 Å². The lowest BCUT2D eigenvalue weighted by molar-refractivity contribution is 0.00578. The Kier molecular flexibility index (Phi) is 4.25. The van der Waals surface area contributed by atoms with E-state index in [1.807, 2.05) is 6.07 Å². The highest BCUT2D eigenvalue weighted by Gasteiger charge is 2.51. The highest BCUT2D eigenvalue weighted by atomic mass is 35.5. The van der Waals surface area contributed by atoms with Crippen LogP contribution in [0.2, 0.25) is 5.02 Å². The van der Waals surface area contributed by atoms with Gasteiger partial charge in [0, 0.05) is 5.02 Å². The van der Waals surface area contributed by atoms with E-state index in [0.717, 1.165) is 16.9 Å². The molecule has 1 aliphatic rings. The molecule has 116 valence electrons. The van der Waals surface area contributed by atoms with E-state index < -0.39 is 0 Å². The molecule has 0 unspecified atom stereocenters. The van der Waals surface area contributed by atoms with Gasteiger partial charge in [-0.15, -0.1) is 0 Å². The predicted molar refractivity (Wildman–Crippen MR) is 90.3 cm³/mol. The van der Waals surface area contributed by atoms with Crippen LogP contribution in [0.1, 0.15) is 54.0 Å². The molecular weight excluding hydrogens is 282 g/mol. The molecule has 1 aliphatic heterocycles. The van der Waals surface area contributed by atoms with Gasteiger partial charge in [-0.3, -0.25) is 0 Å². The zero-order chi connectivity index (χ0) is 16.1. The lowest BCUT2D eigenvalue weighted by Gasteiger charge is -2.32. The second-order valence-corrected chi connectivity index (χ2v) is 8.58. The summed E-state index contributed by atoms with van der Waals surface area (Å²) in [5.41, 5.74) is 1.72. The van der Waals surface area contributed by atoms with E-state index in [2.05, 4.69) is 60.6 Å². The smallest absolute Gasteiger partial charge is 0.399 e. The van der Waals surface area contributed by atoms with Crippen LogP contribution < -0.4 is 5.46 Å². The summed E-state index contributed by atoms with van der Waals surface area (Å²) in [5, 5.41) is 0.789. The van der Waals surface area contributed by atoms with Crippen molar-refractivity contribution < 1.29 is 9.31 Å². The molecule has 0 saturated carbocycles. The topological polar surface area (TPSA) is 18.5 Å². The maximum absolute atomic E-state index is 6.44. The third-order valence-corrected chi connectivity index (χ3v) is 4.68. The molecule has 2 rings (SSSR count). The minimum absolute atomic E-state index is 0.218. The molecule has 21 heavy (non-hydrogen) atoms. The Labute approximate surface area is 134 Å². The molecule has 2 nitrogen and oxygen atoms in total. The number of hydrogen-bond donors (Lipinski definition) is 0. The molecule has 0 spiro atoms. The van der Waals surface area contributed by atoms with Crippen LogP contribution in [-0.4, -0.2) is 18.3 Å². The van der Waals surface area contributed by atoms with E-state index in [1.54, 1.807) is 0 Å². The van der Waals surface area contributed by atoms with Gasteiger partial charge in [-0.1, -0.05) is 44.5 Å². The van der Waals surface area contributed by atoms with Gasteiger partial charge in [0.1, 0.15) is 0 Å². The highest BCUT2D eigenvalue weighted by Crippen LogP contribution is 2.36. The maximum Gasteiger partial charge on any atom is 0.494 e. The van der Waals surface area contributed by atoms with E-state index in [0.29, 0.717) is 0 Å². The number of benzene rings is 1. The average Bonchev–Trinajstić information content (AvgIpc) is 2.49. The van der Waals surface area contributed by atoms with Gasteiger partial charge in [0.25, 0.3) is 0 Å². The van der Waals surface area contributed by atoms with Crippen molar-refractivity contribution in [3.8, 4) is 0 Å². The Morgan fingerprint density at radius 1 is 1.05 bits per heavy atom. The third kappa shape index (κ3) is 3.64. The van der Waals surface area contributed by atoms with Gasteiger partial charge in [0.2, 0.25) is 0 Å². The van der Waals surface area contributed by atoms with E-state index in [-0.39, 0.29) is 23.7 Å². The summed E-state index contributed by atoms with van der Waals surface area (Å²) in [7, 11) is -0.351. The largest absolute Gasteiger partial charge is 0.494 e. The van der Waals surface area contributed by atoms with Gasteiger partial charge in [0.05, 0.1) is 11.2 Å². The second-order valence-electron chi connectivity index (χ2n) is 8.18. The molecule has 1 fully saturated rings. The molecule has 1 aromatic carbocycles.